The maximum atomic E-state index is 13.4. The van der Waals surface area contributed by atoms with Gasteiger partial charge in [0.15, 0.2) is 0 Å². The van der Waals surface area contributed by atoms with Crippen molar-refractivity contribution in [1.82, 2.24) is 19.7 Å². The van der Waals surface area contributed by atoms with Crippen molar-refractivity contribution in [3.05, 3.63) is 59.3 Å². The van der Waals surface area contributed by atoms with E-state index in [-0.39, 0.29) is 24.2 Å². The molecule has 1 amide bonds. The molecular weight excluding hydrogens is 421 g/mol. The van der Waals surface area contributed by atoms with Crippen LogP contribution in [0.15, 0.2) is 36.9 Å². The summed E-state index contributed by atoms with van der Waals surface area (Å²) in [5, 5.41) is 4.17. The molecule has 0 N–H and O–H groups in total. The fraction of sp³-hybridized carbons (Fsp3) is 0.400. The Hall–Kier alpha value is -3.42. The van der Waals surface area contributed by atoms with E-state index in [2.05, 4.69) is 10.1 Å². The second-order valence-corrected chi connectivity index (χ2v) is 9.28. The SMILES string of the molecule is Cc1cc(-c2cncc(CC(=O)C(C)C)c2)nc2c1C(=O)N(c1cnn(CCF)c1)C2(C)C. The molecule has 0 atom stereocenters. The molecule has 0 bridgehead atoms. The van der Waals surface area contributed by atoms with Gasteiger partial charge in [-0.15, -0.1) is 0 Å². The first-order chi connectivity index (χ1) is 15.6. The number of Topliss-reactive ketones (excluding diaryl/α,β-unsaturated/α-hetero) is 1. The summed E-state index contributed by atoms with van der Waals surface area (Å²) in [4.78, 5) is 36.5. The number of carbonyl (C=O) groups excluding carboxylic acids is 2. The van der Waals surface area contributed by atoms with Crippen molar-refractivity contribution in [2.24, 2.45) is 5.92 Å². The maximum absolute atomic E-state index is 13.4. The summed E-state index contributed by atoms with van der Waals surface area (Å²) >= 11 is 0. The zero-order chi connectivity index (χ0) is 23.9. The zero-order valence-electron chi connectivity index (χ0n) is 19.6. The third-order valence-corrected chi connectivity index (χ3v) is 6.08. The summed E-state index contributed by atoms with van der Waals surface area (Å²) in [6.45, 7) is 9.16. The Morgan fingerprint density at radius 1 is 1.18 bits per heavy atom. The van der Waals surface area contributed by atoms with Gasteiger partial charge in [-0.3, -0.25) is 24.2 Å². The third kappa shape index (κ3) is 4.05. The van der Waals surface area contributed by atoms with Gasteiger partial charge in [0.05, 0.1) is 40.9 Å². The van der Waals surface area contributed by atoms with Crippen molar-refractivity contribution >= 4 is 17.4 Å². The van der Waals surface area contributed by atoms with Crippen LogP contribution >= 0.6 is 0 Å². The lowest BCUT2D eigenvalue weighted by Gasteiger charge is -2.30. The number of fused-ring (bicyclic) bond motifs is 1. The first-order valence-electron chi connectivity index (χ1n) is 11.1. The third-order valence-electron chi connectivity index (χ3n) is 6.08. The zero-order valence-corrected chi connectivity index (χ0v) is 19.6. The molecule has 0 spiro atoms. The van der Waals surface area contributed by atoms with E-state index in [0.717, 1.165) is 16.7 Å². The molecule has 172 valence electrons. The molecule has 8 heteroatoms. The van der Waals surface area contributed by atoms with Gasteiger partial charge in [-0.2, -0.15) is 5.10 Å². The average Bonchev–Trinajstić information content (AvgIpc) is 3.28. The molecule has 0 aliphatic carbocycles. The minimum atomic E-state index is -0.727. The summed E-state index contributed by atoms with van der Waals surface area (Å²) < 4.78 is 14.2. The quantitative estimate of drug-likeness (QED) is 0.538. The number of nitrogens with zero attached hydrogens (tertiary/aromatic N) is 5. The Bertz CT molecular complexity index is 1230. The fourth-order valence-electron chi connectivity index (χ4n) is 4.25. The Morgan fingerprint density at radius 3 is 2.64 bits per heavy atom. The van der Waals surface area contributed by atoms with Crippen molar-refractivity contribution in [2.45, 2.75) is 53.1 Å². The van der Waals surface area contributed by atoms with E-state index < -0.39 is 12.2 Å². The van der Waals surface area contributed by atoms with Crippen molar-refractivity contribution in [2.75, 3.05) is 11.6 Å². The van der Waals surface area contributed by atoms with Crippen molar-refractivity contribution < 1.29 is 14.0 Å². The average molecular weight is 450 g/mol. The topological polar surface area (TPSA) is 81.0 Å². The smallest absolute Gasteiger partial charge is 0.261 e. The number of aryl methyl sites for hydroxylation is 2. The molecule has 0 fully saturated rings. The van der Waals surface area contributed by atoms with E-state index in [9.17, 15) is 14.0 Å². The molecule has 0 saturated carbocycles. The summed E-state index contributed by atoms with van der Waals surface area (Å²) in [5.41, 5.74) is 4.27. The molecule has 0 radical (unpaired) electrons. The lowest BCUT2D eigenvalue weighted by molar-refractivity contribution is -0.121. The number of aromatic nitrogens is 4. The summed E-state index contributed by atoms with van der Waals surface area (Å²) in [6.07, 6.45) is 7.01. The Balaban J connectivity index is 1.73. The fourth-order valence-corrected chi connectivity index (χ4v) is 4.25. The molecule has 0 unspecified atom stereocenters. The van der Waals surface area contributed by atoms with Gasteiger partial charge in [0.1, 0.15) is 12.5 Å². The molecule has 3 aromatic rings. The molecule has 33 heavy (non-hydrogen) atoms. The Kier molecular flexibility index (Phi) is 5.86. The number of pyridine rings is 2. The van der Waals surface area contributed by atoms with Crippen LogP contribution in [-0.2, 0) is 23.3 Å². The van der Waals surface area contributed by atoms with Gasteiger partial charge in [-0.05, 0) is 44.0 Å². The minimum Gasteiger partial charge on any atom is -0.299 e. The molecule has 0 aromatic carbocycles. The lowest BCUT2D eigenvalue weighted by atomic mass is 9.95. The second-order valence-electron chi connectivity index (χ2n) is 9.28. The van der Waals surface area contributed by atoms with E-state index >= 15 is 0 Å². The molecule has 1 aliphatic rings. The molecule has 3 aromatic heterocycles. The van der Waals surface area contributed by atoms with Gasteiger partial charge in [0, 0.05) is 36.5 Å². The van der Waals surface area contributed by atoms with Gasteiger partial charge in [-0.1, -0.05) is 13.8 Å². The molecule has 7 nitrogen and oxygen atoms in total. The number of rotatable bonds is 7. The van der Waals surface area contributed by atoms with Gasteiger partial charge in [0.25, 0.3) is 5.91 Å². The van der Waals surface area contributed by atoms with Crippen LogP contribution in [0.4, 0.5) is 10.1 Å². The number of hydrogen-bond donors (Lipinski definition) is 0. The maximum Gasteiger partial charge on any atom is 0.261 e. The number of amides is 1. The van der Waals surface area contributed by atoms with Gasteiger partial charge < -0.3 is 0 Å². The van der Waals surface area contributed by atoms with Crippen LogP contribution in [-0.4, -0.2) is 38.1 Å². The molecule has 4 rings (SSSR count). The molecule has 0 saturated heterocycles. The van der Waals surface area contributed by atoms with Crippen molar-refractivity contribution in [3.8, 4) is 11.3 Å². The van der Waals surface area contributed by atoms with Crippen molar-refractivity contribution in [1.29, 1.82) is 0 Å². The van der Waals surface area contributed by atoms with E-state index in [1.165, 1.54) is 4.68 Å². The van der Waals surface area contributed by atoms with Crippen molar-refractivity contribution in [3.63, 3.8) is 0 Å². The highest BCUT2D eigenvalue weighted by Crippen LogP contribution is 2.43. The number of alkyl halides is 1. The van der Waals surface area contributed by atoms with Gasteiger partial charge in [-0.25, -0.2) is 9.37 Å². The molecular formula is C25H28FN5O2. The van der Waals surface area contributed by atoms with E-state index in [1.807, 2.05) is 46.8 Å². The summed E-state index contributed by atoms with van der Waals surface area (Å²) in [7, 11) is 0. The predicted octanol–water partition coefficient (Wildman–Crippen LogP) is 4.28. The minimum absolute atomic E-state index is 0.0407. The molecule has 4 heterocycles. The van der Waals surface area contributed by atoms with E-state index in [0.29, 0.717) is 29.1 Å². The highest BCUT2D eigenvalue weighted by molar-refractivity contribution is 6.12. The number of carbonyl (C=O) groups is 2. The Morgan fingerprint density at radius 2 is 1.94 bits per heavy atom. The first-order valence-corrected chi connectivity index (χ1v) is 11.1. The standard InChI is InChI=1S/C25H28FN5O2/c1-15(2)21(32)10-17-9-18(12-27-11-17)20-8-16(3)22-23(29-20)25(4,5)31(24(22)33)19-13-28-30(14-19)7-6-26/h8-9,11-15H,6-7,10H2,1-5H3. The highest BCUT2D eigenvalue weighted by Gasteiger charge is 2.47. The lowest BCUT2D eigenvalue weighted by Crippen LogP contribution is -2.39. The van der Waals surface area contributed by atoms with Crippen LogP contribution in [0.5, 0.6) is 0 Å². The normalized spacial score (nSPS) is 14.8. The van der Waals surface area contributed by atoms with Crippen LogP contribution in [0.3, 0.4) is 0 Å². The number of anilines is 1. The van der Waals surface area contributed by atoms with Crippen LogP contribution in [0.25, 0.3) is 11.3 Å². The highest BCUT2D eigenvalue weighted by atomic mass is 19.1. The largest absolute Gasteiger partial charge is 0.299 e. The molecule has 1 aliphatic heterocycles. The summed E-state index contributed by atoms with van der Waals surface area (Å²) in [6, 6.07) is 3.82. The van der Waals surface area contributed by atoms with Crippen LogP contribution in [0, 0.1) is 12.8 Å². The van der Waals surface area contributed by atoms with Crippen LogP contribution in [0.2, 0.25) is 0 Å². The number of halogens is 1. The number of hydrogen-bond acceptors (Lipinski definition) is 5. The van der Waals surface area contributed by atoms with E-state index in [4.69, 9.17) is 4.98 Å². The van der Waals surface area contributed by atoms with Crippen LogP contribution < -0.4 is 4.90 Å². The van der Waals surface area contributed by atoms with Gasteiger partial charge >= 0.3 is 0 Å². The van der Waals surface area contributed by atoms with Gasteiger partial charge in [0.2, 0.25) is 0 Å². The first kappa shape index (κ1) is 22.8. The second kappa shape index (κ2) is 8.50. The number of ketones is 1. The van der Waals surface area contributed by atoms with Crippen LogP contribution in [0.1, 0.15) is 54.9 Å². The summed E-state index contributed by atoms with van der Waals surface area (Å²) in [5.74, 6) is -0.0375. The monoisotopic (exact) mass is 449 g/mol. The Labute approximate surface area is 192 Å². The van der Waals surface area contributed by atoms with E-state index in [1.54, 1.807) is 29.7 Å². The predicted molar refractivity (Wildman–Crippen MR) is 124 cm³/mol.